The molecule has 1 aliphatic heterocycles. The van der Waals surface area contributed by atoms with Crippen LogP contribution in [0.3, 0.4) is 0 Å². The van der Waals surface area contributed by atoms with E-state index < -0.39 is 49.3 Å². The average Bonchev–Trinajstić information content (AvgIpc) is 2.77. The Labute approximate surface area is 206 Å². The maximum absolute atomic E-state index is 13.2. The number of halogens is 4. The number of sulfonamides is 2. The third kappa shape index (κ3) is 6.66. The lowest BCUT2D eigenvalue weighted by atomic mass is 10.2. The van der Waals surface area contributed by atoms with Crippen molar-refractivity contribution in [2.45, 2.75) is 30.3 Å². The second-order valence-electron chi connectivity index (χ2n) is 7.97. The summed E-state index contributed by atoms with van der Waals surface area (Å²) in [5.41, 5.74) is -1.44. The molecule has 192 valence electrons. The van der Waals surface area contributed by atoms with E-state index in [1.165, 1.54) is 28.6 Å². The highest BCUT2D eigenvalue weighted by molar-refractivity contribution is 7.92. The molecule has 1 N–H and O–H groups in total. The summed E-state index contributed by atoms with van der Waals surface area (Å²) < 4.78 is 91.4. The molecule has 0 saturated carbocycles. The van der Waals surface area contributed by atoms with E-state index in [0.717, 1.165) is 37.7 Å². The van der Waals surface area contributed by atoms with E-state index in [1.54, 1.807) is 0 Å². The SMILES string of the molecule is CS(=O)(=O)N(CC(=O)Nc1ccc(S(=O)(=O)N2CCCCC2)cc1)c1ccc(Cl)c(C(F)(F)F)c1. The molecule has 0 bridgehead atoms. The van der Waals surface area contributed by atoms with Crippen molar-refractivity contribution in [3.05, 3.63) is 53.1 Å². The number of piperidine rings is 1. The topological polar surface area (TPSA) is 104 Å². The van der Waals surface area contributed by atoms with Crippen molar-refractivity contribution in [2.24, 2.45) is 0 Å². The van der Waals surface area contributed by atoms with Gasteiger partial charge in [0.05, 0.1) is 27.4 Å². The highest BCUT2D eigenvalue weighted by Crippen LogP contribution is 2.37. The molecule has 0 aromatic heterocycles. The molecular formula is C21H23ClF3N3O5S2. The summed E-state index contributed by atoms with van der Waals surface area (Å²) in [6.45, 7) is 0.0530. The Hall–Kier alpha value is -2.35. The first kappa shape index (κ1) is 27.2. The zero-order valence-corrected chi connectivity index (χ0v) is 20.9. The first-order valence-electron chi connectivity index (χ1n) is 10.4. The van der Waals surface area contributed by atoms with Crippen LogP contribution in [0.2, 0.25) is 5.02 Å². The van der Waals surface area contributed by atoms with Crippen LogP contribution in [0.1, 0.15) is 24.8 Å². The van der Waals surface area contributed by atoms with Gasteiger partial charge in [0.1, 0.15) is 6.54 Å². The standard InChI is InChI=1S/C21H23ClF3N3O5S2/c1-34(30,31)28(16-7-10-19(22)18(13-16)21(23,24)25)14-20(29)26-15-5-8-17(9-6-15)35(32,33)27-11-3-2-4-12-27/h5-10,13H,2-4,11-12,14H2,1H3,(H,26,29). The molecular weight excluding hydrogens is 531 g/mol. The minimum atomic E-state index is -4.82. The van der Waals surface area contributed by atoms with Crippen LogP contribution in [-0.4, -0.2) is 52.9 Å². The van der Waals surface area contributed by atoms with E-state index >= 15 is 0 Å². The average molecular weight is 554 g/mol. The summed E-state index contributed by atoms with van der Waals surface area (Å²) in [4.78, 5) is 12.6. The van der Waals surface area contributed by atoms with E-state index in [1.807, 2.05) is 0 Å². The van der Waals surface area contributed by atoms with Crippen LogP contribution < -0.4 is 9.62 Å². The molecule has 1 heterocycles. The maximum atomic E-state index is 13.2. The summed E-state index contributed by atoms with van der Waals surface area (Å²) in [6.07, 6.45) is -1.54. The molecule has 8 nitrogen and oxygen atoms in total. The quantitative estimate of drug-likeness (QED) is 0.559. The zero-order valence-electron chi connectivity index (χ0n) is 18.5. The summed E-state index contributed by atoms with van der Waals surface area (Å²) in [5.74, 6) is -0.842. The van der Waals surface area contributed by atoms with Crippen molar-refractivity contribution >= 4 is 48.9 Å². The highest BCUT2D eigenvalue weighted by Gasteiger charge is 2.34. The number of hydrogen-bond donors (Lipinski definition) is 1. The number of benzene rings is 2. The lowest BCUT2D eigenvalue weighted by molar-refractivity contribution is -0.137. The molecule has 1 saturated heterocycles. The Bertz CT molecular complexity index is 1290. The first-order chi connectivity index (χ1) is 16.2. The maximum Gasteiger partial charge on any atom is 0.417 e. The number of carbonyl (C=O) groups is 1. The summed E-state index contributed by atoms with van der Waals surface area (Å²) in [6, 6.07) is 7.86. The van der Waals surface area contributed by atoms with Gasteiger partial charge >= 0.3 is 6.18 Å². The van der Waals surface area contributed by atoms with Gasteiger partial charge in [0, 0.05) is 18.8 Å². The number of anilines is 2. The van der Waals surface area contributed by atoms with Gasteiger partial charge in [-0.15, -0.1) is 0 Å². The lowest BCUT2D eigenvalue weighted by Gasteiger charge is -2.26. The minimum Gasteiger partial charge on any atom is -0.325 e. The third-order valence-corrected chi connectivity index (χ3v) is 8.70. The van der Waals surface area contributed by atoms with Crippen molar-refractivity contribution in [3.8, 4) is 0 Å². The summed E-state index contributed by atoms with van der Waals surface area (Å²) in [7, 11) is -7.81. The molecule has 0 atom stereocenters. The Morgan fingerprint density at radius 3 is 2.17 bits per heavy atom. The van der Waals surface area contributed by atoms with Gasteiger partial charge in [-0.3, -0.25) is 9.10 Å². The second-order valence-corrected chi connectivity index (χ2v) is 12.2. The normalized spacial score (nSPS) is 15.6. The number of nitrogens with one attached hydrogen (secondary N) is 1. The van der Waals surface area contributed by atoms with E-state index in [9.17, 15) is 34.8 Å². The number of hydrogen-bond acceptors (Lipinski definition) is 5. The van der Waals surface area contributed by atoms with E-state index in [2.05, 4.69) is 5.32 Å². The second kappa shape index (κ2) is 10.3. The number of carbonyl (C=O) groups excluding carboxylic acids is 1. The molecule has 14 heteroatoms. The molecule has 2 aromatic carbocycles. The van der Waals surface area contributed by atoms with Gasteiger partial charge in [-0.25, -0.2) is 16.8 Å². The molecule has 35 heavy (non-hydrogen) atoms. The first-order valence-corrected chi connectivity index (χ1v) is 14.1. The number of alkyl halides is 3. The van der Waals surface area contributed by atoms with Gasteiger partial charge in [-0.05, 0) is 55.3 Å². The van der Waals surface area contributed by atoms with E-state index in [0.29, 0.717) is 23.5 Å². The fourth-order valence-corrected chi connectivity index (χ4v) is 6.17. The number of rotatable bonds is 7. The number of nitrogens with zero attached hydrogens (tertiary/aromatic N) is 2. The third-order valence-electron chi connectivity index (χ3n) is 5.32. The van der Waals surface area contributed by atoms with Gasteiger partial charge in [-0.1, -0.05) is 18.0 Å². The van der Waals surface area contributed by atoms with Gasteiger partial charge in [0.25, 0.3) is 0 Å². The molecule has 1 aliphatic rings. The smallest absolute Gasteiger partial charge is 0.325 e. The van der Waals surface area contributed by atoms with Crippen molar-refractivity contribution < 1.29 is 34.8 Å². The van der Waals surface area contributed by atoms with Crippen molar-refractivity contribution in [2.75, 3.05) is 35.5 Å². The van der Waals surface area contributed by atoms with Crippen molar-refractivity contribution in [3.63, 3.8) is 0 Å². The number of amides is 1. The van der Waals surface area contributed by atoms with Crippen LogP contribution in [-0.2, 0) is 31.0 Å². The molecule has 0 radical (unpaired) electrons. The van der Waals surface area contributed by atoms with Crippen LogP contribution in [0.25, 0.3) is 0 Å². The molecule has 3 rings (SSSR count). The molecule has 1 amide bonds. The predicted molar refractivity (Wildman–Crippen MR) is 126 cm³/mol. The molecule has 0 spiro atoms. The Balaban J connectivity index is 1.77. The monoisotopic (exact) mass is 553 g/mol. The van der Waals surface area contributed by atoms with Crippen LogP contribution >= 0.6 is 11.6 Å². The Morgan fingerprint density at radius 2 is 1.63 bits per heavy atom. The van der Waals surface area contributed by atoms with Crippen molar-refractivity contribution in [1.29, 1.82) is 0 Å². The Kier molecular flexibility index (Phi) is 8.04. The lowest BCUT2D eigenvalue weighted by Crippen LogP contribution is -2.37. The van der Waals surface area contributed by atoms with Gasteiger partial charge < -0.3 is 5.32 Å². The fraction of sp³-hybridized carbons (Fsp3) is 0.381. The predicted octanol–water partition coefficient (Wildman–Crippen LogP) is 3.94. The van der Waals surface area contributed by atoms with Crippen molar-refractivity contribution in [1.82, 2.24) is 4.31 Å². The van der Waals surface area contributed by atoms with Crippen LogP contribution in [0.4, 0.5) is 24.5 Å². The highest BCUT2D eigenvalue weighted by atomic mass is 35.5. The summed E-state index contributed by atoms with van der Waals surface area (Å²) >= 11 is 5.59. The van der Waals surface area contributed by atoms with Crippen LogP contribution in [0.5, 0.6) is 0 Å². The molecule has 1 fully saturated rings. The Morgan fingerprint density at radius 1 is 1.03 bits per heavy atom. The summed E-state index contributed by atoms with van der Waals surface area (Å²) in [5, 5.41) is 1.81. The molecule has 2 aromatic rings. The minimum absolute atomic E-state index is 0.0519. The van der Waals surface area contributed by atoms with Crippen LogP contribution in [0.15, 0.2) is 47.4 Å². The molecule has 0 aliphatic carbocycles. The van der Waals surface area contributed by atoms with E-state index in [4.69, 9.17) is 11.6 Å². The van der Waals surface area contributed by atoms with E-state index in [-0.39, 0.29) is 16.3 Å². The van der Waals surface area contributed by atoms with Gasteiger partial charge in [0.2, 0.25) is 26.0 Å². The largest absolute Gasteiger partial charge is 0.417 e. The van der Waals surface area contributed by atoms with Gasteiger partial charge in [-0.2, -0.15) is 17.5 Å². The van der Waals surface area contributed by atoms with Gasteiger partial charge in [0.15, 0.2) is 0 Å². The molecule has 0 unspecified atom stereocenters. The fourth-order valence-electron chi connectivity index (χ4n) is 3.58. The zero-order chi connectivity index (χ0) is 26.0. The van der Waals surface area contributed by atoms with Crippen LogP contribution in [0, 0.1) is 0 Å².